The molecule has 2 rings (SSSR count). The van der Waals surface area contributed by atoms with Gasteiger partial charge in [0.05, 0.1) is 6.54 Å². The van der Waals surface area contributed by atoms with Gasteiger partial charge in [-0.2, -0.15) is 0 Å². The minimum Gasteiger partial charge on any atom is -0.407 e. The summed E-state index contributed by atoms with van der Waals surface area (Å²) in [5.74, 6) is 0.454. The number of hydrogen-bond acceptors (Lipinski definition) is 5. The number of anilines is 1. The first-order valence-corrected chi connectivity index (χ1v) is 5.48. The molecule has 2 aromatic rings. The Morgan fingerprint density at radius 2 is 1.94 bits per heavy atom. The fourth-order valence-electron chi connectivity index (χ4n) is 1.52. The fourth-order valence-corrected chi connectivity index (χ4v) is 1.52. The summed E-state index contributed by atoms with van der Waals surface area (Å²) in [5.41, 5.74) is 7.87. The molecule has 0 aliphatic carbocycles. The molecule has 0 aliphatic heterocycles. The van der Waals surface area contributed by atoms with Crippen LogP contribution in [0.2, 0.25) is 0 Å². The molecular weight excluding hydrogens is 216 g/mol. The van der Waals surface area contributed by atoms with Gasteiger partial charge in [0, 0.05) is 13.6 Å². The van der Waals surface area contributed by atoms with Crippen LogP contribution in [0, 0.1) is 6.92 Å². The van der Waals surface area contributed by atoms with Crippen LogP contribution in [0.4, 0.5) is 6.01 Å². The Kier molecular flexibility index (Phi) is 3.39. The van der Waals surface area contributed by atoms with E-state index in [1.807, 2.05) is 11.9 Å². The molecule has 0 bridgehead atoms. The Bertz CT molecular complexity index is 478. The van der Waals surface area contributed by atoms with Crippen molar-refractivity contribution in [3.63, 3.8) is 0 Å². The number of nitrogens with zero attached hydrogens (tertiary/aromatic N) is 3. The zero-order valence-corrected chi connectivity index (χ0v) is 10.1. The van der Waals surface area contributed by atoms with Gasteiger partial charge in [0.1, 0.15) is 0 Å². The van der Waals surface area contributed by atoms with E-state index in [9.17, 15) is 0 Å². The lowest BCUT2D eigenvalue weighted by Crippen LogP contribution is -2.16. The third-order valence-corrected chi connectivity index (χ3v) is 2.50. The van der Waals surface area contributed by atoms with Crippen LogP contribution >= 0.6 is 0 Å². The van der Waals surface area contributed by atoms with Crippen LogP contribution in [0.1, 0.15) is 17.0 Å². The number of aromatic nitrogens is 2. The molecule has 0 saturated heterocycles. The average molecular weight is 232 g/mol. The predicted octanol–water partition coefficient (Wildman–Crippen LogP) is 1.47. The lowest BCUT2D eigenvalue weighted by atomic mass is 10.1. The molecule has 5 heteroatoms. The van der Waals surface area contributed by atoms with Crippen molar-refractivity contribution in [2.75, 3.05) is 11.9 Å². The summed E-state index contributed by atoms with van der Waals surface area (Å²) in [4.78, 5) is 1.90. The van der Waals surface area contributed by atoms with Gasteiger partial charge in [-0.1, -0.05) is 34.9 Å². The van der Waals surface area contributed by atoms with Gasteiger partial charge < -0.3 is 15.1 Å². The zero-order valence-electron chi connectivity index (χ0n) is 10.1. The monoisotopic (exact) mass is 232 g/mol. The molecule has 90 valence electrons. The minimum atomic E-state index is 0.269. The first-order chi connectivity index (χ1) is 8.19. The fraction of sp³-hybridized carbons (Fsp3) is 0.333. The highest BCUT2D eigenvalue weighted by Crippen LogP contribution is 2.13. The number of nitrogens with two attached hydrogens (primary N) is 1. The van der Waals surface area contributed by atoms with Crippen molar-refractivity contribution < 1.29 is 4.42 Å². The van der Waals surface area contributed by atoms with Crippen molar-refractivity contribution in [1.29, 1.82) is 0 Å². The molecule has 0 unspecified atom stereocenters. The van der Waals surface area contributed by atoms with Gasteiger partial charge in [-0.3, -0.25) is 0 Å². The Morgan fingerprint density at radius 3 is 2.53 bits per heavy atom. The Labute approximate surface area is 100 Å². The average Bonchev–Trinajstić information content (AvgIpc) is 2.81. The van der Waals surface area contributed by atoms with E-state index in [0.717, 1.165) is 6.54 Å². The maximum absolute atomic E-state index is 5.42. The molecule has 5 nitrogen and oxygen atoms in total. The first kappa shape index (κ1) is 11.6. The SMILES string of the molecule is Cc1ccc(CN(C)c2nnc(CN)o2)cc1. The summed E-state index contributed by atoms with van der Waals surface area (Å²) in [5, 5.41) is 7.76. The number of hydrogen-bond donors (Lipinski definition) is 1. The molecule has 0 amide bonds. The second-order valence-electron chi connectivity index (χ2n) is 4.02. The Balaban J connectivity index is 2.05. The summed E-state index contributed by atoms with van der Waals surface area (Å²) < 4.78 is 5.37. The van der Waals surface area contributed by atoms with E-state index in [4.69, 9.17) is 10.2 Å². The molecule has 1 heterocycles. The quantitative estimate of drug-likeness (QED) is 0.864. The lowest BCUT2D eigenvalue weighted by molar-refractivity contribution is 0.491. The van der Waals surface area contributed by atoms with E-state index in [-0.39, 0.29) is 6.54 Å². The van der Waals surface area contributed by atoms with Crippen LogP contribution in [-0.2, 0) is 13.1 Å². The van der Waals surface area contributed by atoms with Crippen molar-refractivity contribution in [1.82, 2.24) is 10.2 Å². The Morgan fingerprint density at radius 1 is 1.24 bits per heavy atom. The Hall–Kier alpha value is -1.88. The van der Waals surface area contributed by atoms with E-state index in [0.29, 0.717) is 11.9 Å². The second kappa shape index (κ2) is 4.97. The van der Waals surface area contributed by atoms with Crippen LogP contribution in [0.15, 0.2) is 28.7 Å². The highest BCUT2D eigenvalue weighted by molar-refractivity contribution is 5.28. The zero-order chi connectivity index (χ0) is 12.3. The van der Waals surface area contributed by atoms with Crippen molar-refractivity contribution in [2.24, 2.45) is 5.73 Å². The second-order valence-corrected chi connectivity index (χ2v) is 4.02. The normalized spacial score (nSPS) is 10.5. The largest absolute Gasteiger partial charge is 0.407 e. The molecule has 2 N–H and O–H groups in total. The van der Waals surface area contributed by atoms with Crippen molar-refractivity contribution in [3.8, 4) is 0 Å². The molecule has 0 aliphatic rings. The topological polar surface area (TPSA) is 68.2 Å². The van der Waals surface area contributed by atoms with E-state index in [1.165, 1.54) is 11.1 Å². The predicted molar refractivity (Wildman–Crippen MR) is 65.5 cm³/mol. The molecule has 0 spiro atoms. The number of rotatable bonds is 4. The van der Waals surface area contributed by atoms with Crippen molar-refractivity contribution in [2.45, 2.75) is 20.0 Å². The highest BCUT2D eigenvalue weighted by atomic mass is 16.4. The van der Waals surface area contributed by atoms with Gasteiger partial charge in [-0.25, -0.2) is 0 Å². The van der Waals surface area contributed by atoms with Gasteiger partial charge in [0.15, 0.2) is 0 Å². The molecule has 0 radical (unpaired) electrons. The molecule has 17 heavy (non-hydrogen) atoms. The summed E-state index contributed by atoms with van der Waals surface area (Å²) in [6.07, 6.45) is 0. The molecule has 1 aromatic carbocycles. The van der Waals surface area contributed by atoms with Crippen LogP contribution in [0.25, 0.3) is 0 Å². The number of aryl methyl sites for hydroxylation is 1. The highest BCUT2D eigenvalue weighted by Gasteiger charge is 2.09. The molecule has 0 atom stereocenters. The maximum atomic E-state index is 5.42. The molecule has 1 aromatic heterocycles. The van der Waals surface area contributed by atoms with E-state index in [1.54, 1.807) is 0 Å². The van der Waals surface area contributed by atoms with E-state index >= 15 is 0 Å². The minimum absolute atomic E-state index is 0.269. The van der Waals surface area contributed by atoms with Gasteiger partial charge >= 0.3 is 6.01 Å². The van der Waals surface area contributed by atoms with Crippen molar-refractivity contribution >= 4 is 6.01 Å². The van der Waals surface area contributed by atoms with Crippen LogP contribution < -0.4 is 10.6 Å². The van der Waals surface area contributed by atoms with E-state index < -0.39 is 0 Å². The van der Waals surface area contributed by atoms with Gasteiger partial charge in [0.25, 0.3) is 0 Å². The summed E-state index contributed by atoms with van der Waals surface area (Å²) in [7, 11) is 1.91. The smallest absolute Gasteiger partial charge is 0.318 e. The number of benzene rings is 1. The van der Waals surface area contributed by atoms with Crippen molar-refractivity contribution in [3.05, 3.63) is 41.3 Å². The third kappa shape index (κ3) is 2.82. The van der Waals surface area contributed by atoms with Crippen LogP contribution in [0.5, 0.6) is 0 Å². The standard InChI is InChI=1S/C12H16N4O/c1-9-3-5-10(6-4-9)8-16(2)12-15-14-11(7-13)17-12/h3-6H,7-8,13H2,1-2H3. The van der Waals surface area contributed by atoms with Crippen LogP contribution in [-0.4, -0.2) is 17.2 Å². The molecule has 0 fully saturated rings. The lowest BCUT2D eigenvalue weighted by Gasteiger charge is -2.13. The van der Waals surface area contributed by atoms with Gasteiger partial charge in [0.2, 0.25) is 5.89 Å². The summed E-state index contributed by atoms with van der Waals surface area (Å²) in [6.45, 7) is 3.07. The van der Waals surface area contributed by atoms with Gasteiger partial charge in [-0.05, 0) is 12.5 Å². The van der Waals surface area contributed by atoms with Crippen LogP contribution in [0.3, 0.4) is 0 Å². The van der Waals surface area contributed by atoms with E-state index in [2.05, 4.69) is 41.4 Å². The molecular formula is C12H16N4O. The first-order valence-electron chi connectivity index (χ1n) is 5.48. The molecule has 0 saturated carbocycles. The van der Waals surface area contributed by atoms with Gasteiger partial charge in [-0.15, -0.1) is 5.10 Å². The third-order valence-electron chi connectivity index (χ3n) is 2.50. The maximum Gasteiger partial charge on any atom is 0.318 e. The summed E-state index contributed by atoms with van der Waals surface area (Å²) >= 11 is 0. The summed E-state index contributed by atoms with van der Waals surface area (Å²) in [6, 6.07) is 8.84.